The molecular weight excluding hydrogens is 287 g/mol. The van der Waals surface area contributed by atoms with Crippen molar-refractivity contribution >= 4 is 15.9 Å². The summed E-state index contributed by atoms with van der Waals surface area (Å²) in [7, 11) is 0. The van der Waals surface area contributed by atoms with Crippen LogP contribution in [0.2, 0.25) is 0 Å². The molecule has 0 aliphatic carbocycles. The average Bonchev–Trinajstić information content (AvgIpc) is 2.72. The first-order chi connectivity index (χ1) is 8.15. The predicted octanol–water partition coefficient (Wildman–Crippen LogP) is 2.52. The molecule has 3 atom stereocenters. The third kappa shape index (κ3) is 2.52. The summed E-state index contributed by atoms with van der Waals surface area (Å²) >= 11 is 3.18. The minimum absolute atomic E-state index is 0.0798. The van der Waals surface area contributed by atoms with Gasteiger partial charge in [-0.2, -0.15) is 0 Å². The van der Waals surface area contributed by atoms with E-state index in [1.54, 1.807) is 18.2 Å². The lowest BCUT2D eigenvalue weighted by molar-refractivity contribution is 0.0596. The summed E-state index contributed by atoms with van der Waals surface area (Å²) in [6, 6.07) is 4.89. The van der Waals surface area contributed by atoms with Crippen LogP contribution in [0.5, 0.6) is 0 Å². The number of nitrogens with one attached hydrogen (secondary N) is 1. The van der Waals surface area contributed by atoms with Crippen LogP contribution >= 0.6 is 15.9 Å². The van der Waals surface area contributed by atoms with Gasteiger partial charge in [-0.15, -0.1) is 0 Å². The Morgan fingerprint density at radius 2 is 2.35 bits per heavy atom. The molecule has 5 heteroatoms. The van der Waals surface area contributed by atoms with Crippen LogP contribution in [0, 0.1) is 11.7 Å². The Bertz CT molecular complexity index is 402. The second-order valence-corrected chi connectivity index (χ2v) is 5.24. The summed E-state index contributed by atoms with van der Waals surface area (Å²) < 4.78 is 20.1. The first-order valence-corrected chi connectivity index (χ1v) is 6.46. The van der Waals surface area contributed by atoms with Crippen LogP contribution in [0.15, 0.2) is 22.7 Å². The second kappa shape index (κ2) is 5.44. The Kier molecular flexibility index (Phi) is 4.14. The van der Waals surface area contributed by atoms with Gasteiger partial charge in [-0.3, -0.25) is 11.3 Å². The van der Waals surface area contributed by atoms with E-state index in [0.717, 1.165) is 6.42 Å². The molecule has 94 valence electrons. The Labute approximate surface area is 109 Å². The molecule has 1 aromatic rings. The van der Waals surface area contributed by atoms with Crippen LogP contribution in [0.1, 0.15) is 24.9 Å². The second-order valence-electron chi connectivity index (χ2n) is 4.39. The molecule has 0 aromatic heterocycles. The van der Waals surface area contributed by atoms with Crippen molar-refractivity contribution in [3.05, 3.63) is 34.1 Å². The number of benzene rings is 1. The molecule has 1 fully saturated rings. The van der Waals surface area contributed by atoms with Gasteiger partial charge in [0, 0.05) is 12.2 Å². The minimum Gasteiger partial charge on any atom is -0.376 e. The van der Waals surface area contributed by atoms with Gasteiger partial charge in [-0.25, -0.2) is 4.39 Å². The number of rotatable bonds is 3. The van der Waals surface area contributed by atoms with Gasteiger partial charge in [0.2, 0.25) is 0 Å². The van der Waals surface area contributed by atoms with Crippen LogP contribution < -0.4 is 11.3 Å². The monoisotopic (exact) mass is 302 g/mol. The molecule has 3 unspecified atom stereocenters. The fraction of sp³-hybridized carbons (Fsp3) is 0.500. The van der Waals surface area contributed by atoms with E-state index < -0.39 is 0 Å². The van der Waals surface area contributed by atoms with Gasteiger partial charge >= 0.3 is 0 Å². The first-order valence-electron chi connectivity index (χ1n) is 5.66. The highest BCUT2D eigenvalue weighted by atomic mass is 79.9. The molecule has 0 saturated carbocycles. The van der Waals surface area contributed by atoms with Crippen LogP contribution in [0.3, 0.4) is 0 Å². The quantitative estimate of drug-likeness (QED) is 0.666. The number of nitrogens with two attached hydrogens (primary N) is 1. The van der Waals surface area contributed by atoms with Crippen molar-refractivity contribution < 1.29 is 9.13 Å². The molecule has 3 N–H and O–H groups in total. The maximum absolute atomic E-state index is 14.0. The zero-order valence-corrected chi connectivity index (χ0v) is 11.2. The Morgan fingerprint density at radius 1 is 1.59 bits per heavy atom. The maximum atomic E-state index is 14.0. The van der Waals surface area contributed by atoms with Gasteiger partial charge < -0.3 is 4.74 Å². The lowest BCUT2D eigenvalue weighted by atomic mass is 9.93. The summed E-state index contributed by atoms with van der Waals surface area (Å²) in [5, 5.41) is 0. The summed E-state index contributed by atoms with van der Waals surface area (Å²) in [5.74, 6) is 5.64. The standard InChI is InChI=1S/C12H16BrFN2O/c1-7-5-6-17-12(7)11(16-15)8-3-2-4-9(13)10(8)14/h2-4,7,11-12,16H,5-6,15H2,1H3. The summed E-state index contributed by atoms with van der Waals surface area (Å²) in [6.45, 7) is 2.80. The number of hydrazine groups is 1. The Hall–Kier alpha value is -0.490. The smallest absolute Gasteiger partial charge is 0.142 e. The van der Waals surface area contributed by atoms with Crippen LogP contribution in [0.4, 0.5) is 4.39 Å². The molecule has 0 radical (unpaired) electrons. The number of hydrogen-bond acceptors (Lipinski definition) is 3. The fourth-order valence-electron chi connectivity index (χ4n) is 2.27. The number of hydrogen-bond donors (Lipinski definition) is 2. The van der Waals surface area contributed by atoms with Crippen molar-refractivity contribution in [3.8, 4) is 0 Å². The highest BCUT2D eigenvalue weighted by Crippen LogP contribution is 2.33. The molecule has 2 rings (SSSR count). The Morgan fingerprint density at radius 3 is 2.94 bits per heavy atom. The molecule has 0 spiro atoms. The molecule has 1 aromatic carbocycles. The lowest BCUT2D eigenvalue weighted by Crippen LogP contribution is -2.39. The molecule has 0 bridgehead atoms. The van der Waals surface area contributed by atoms with Gasteiger partial charge in [0.05, 0.1) is 16.6 Å². The topological polar surface area (TPSA) is 47.3 Å². The summed E-state index contributed by atoms with van der Waals surface area (Å²) in [6.07, 6.45) is 0.905. The molecule has 3 nitrogen and oxygen atoms in total. The van der Waals surface area contributed by atoms with Gasteiger partial charge in [0.15, 0.2) is 0 Å². The molecule has 1 aliphatic heterocycles. The zero-order valence-electron chi connectivity index (χ0n) is 9.62. The van der Waals surface area contributed by atoms with Gasteiger partial charge in [-0.05, 0) is 34.3 Å². The molecular formula is C12H16BrFN2O. The van der Waals surface area contributed by atoms with E-state index >= 15 is 0 Å². The van der Waals surface area contributed by atoms with E-state index in [4.69, 9.17) is 10.6 Å². The van der Waals surface area contributed by atoms with Crippen LogP contribution in [-0.2, 0) is 4.74 Å². The van der Waals surface area contributed by atoms with Crippen molar-refractivity contribution in [1.29, 1.82) is 0 Å². The van der Waals surface area contributed by atoms with E-state index in [2.05, 4.69) is 28.3 Å². The normalized spacial score (nSPS) is 26.1. The zero-order chi connectivity index (χ0) is 12.4. The largest absolute Gasteiger partial charge is 0.376 e. The van der Waals surface area contributed by atoms with Crippen molar-refractivity contribution in [1.82, 2.24) is 5.43 Å². The van der Waals surface area contributed by atoms with E-state index in [-0.39, 0.29) is 18.0 Å². The lowest BCUT2D eigenvalue weighted by Gasteiger charge is -2.26. The molecule has 17 heavy (non-hydrogen) atoms. The van der Waals surface area contributed by atoms with Gasteiger partial charge in [-0.1, -0.05) is 19.1 Å². The van der Waals surface area contributed by atoms with E-state index in [0.29, 0.717) is 22.6 Å². The average molecular weight is 303 g/mol. The SMILES string of the molecule is CC1CCOC1C(NN)c1cccc(Br)c1F. The first kappa shape index (κ1) is 13.0. The van der Waals surface area contributed by atoms with E-state index in [1.807, 2.05) is 0 Å². The van der Waals surface area contributed by atoms with Crippen LogP contribution in [-0.4, -0.2) is 12.7 Å². The highest BCUT2D eigenvalue weighted by molar-refractivity contribution is 9.10. The minimum atomic E-state index is -0.315. The summed E-state index contributed by atoms with van der Waals surface area (Å²) in [5.41, 5.74) is 3.22. The molecule has 0 amide bonds. The summed E-state index contributed by atoms with van der Waals surface area (Å²) in [4.78, 5) is 0. The van der Waals surface area contributed by atoms with Crippen LogP contribution in [0.25, 0.3) is 0 Å². The van der Waals surface area contributed by atoms with Crippen molar-refractivity contribution in [2.45, 2.75) is 25.5 Å². The number of halogens is 2. The third-order valence-corrected chi connectivity index (χ3v) is 3.88. The maximum Gasteiger partial charge on any atom is 0.142 e. The fourth-order valence-corrected chi connectivity index (χ4v) is 2.65. The Balaban J connectivity index is 2.31. The van der Waals surface area contributed by atoms with E-state index in [9.17, 15) is 4.39 Å². The molecule has 1 heterocycles. The van der Waals surface area contributed by atoms with Crippen molar-refractivity contribution in [2.75, 3.05) is 6.61 Å². The van der Waals surface area contributed by atoms with Crippen molar-refractivity contribution in [2.24, 2.45) is 11.8 Å². The van der Waals surface area contributed by atoms with Gasteiger partial charge in [0.1, 0.15) is 5.82 Å². The van der Waals surface area contributed by atoms with E-state index in [1.165, 1.54) is 0 Å². The molecule has 1 aliphatic rings. The highest BCUT2D eigenvalue weighted by Gasteiger charge is 2.34. The number of ether oxygens (including phenoxy) is 1. The molecule has 1 saturated heterocycles. The predicted molar refractivity (Wildman–Crippen MR) is 67.7 cm³/mol. The van der Waals surface area contributed by atoms with Gasteiger partial charge in [0.25, 0.3) is 0 Å². The third-order valence-electron chi connectivity index (χ3n) is 3.27. The van der Waals surface area contributed by atoms with Crippen molar-refractivity contribution in [3.63, 3.8) is 0 Å².